The second-order valence-electron chi connectivity index (χ2n) is 1.24. The summed E-state index contributed by atoms with van der Waals surface area (Å²) in [6.45, 7) is -1.34. The highest BCUT2D eigenvalue weighted by molar-refractivity contribution is 7.01. The lowest BCUT2D eigenvalue weighted by molar-refractivity contribution is 0.588. The van der Waals surface area contributed by atoms with Crippen molar-refractivity contribution in [2.75, 3.05) is 14.1 Å². The van der Waals surface area contributed by atoms with Crippen molar-refractivity contribution >= 4 is 18.0 Å². The van der Waals surface area contributed by atoms with Gasteiger partial charge in [0.1, 0.15) is 0 Å². The van der Waals surface area contributed by atoms with Crippen molar-refractivity contribution in [1.29, 1.82) is 0 Å². The molecule has 0 heterocycles. The first-order chi connectivity index (χ1) is 2.64. The molecule has 0 saturated heterocycles. The molecule has 1 nitrogen and oxygen atoms in total. The lowest BCUT2D eigenvalue weighted by Crippen LogP contribution is -2.21. The summed E-state index contributed by atoms with van der Waals surface area (Å²) < 4.78 is 11.5. The second kappa shape index (κ2) is 2.42. The van der Waals surface area contributed by atoms with E-state index in [1.54, 1.807) is 14.1 Å². The Morgan fingerprint density at radius 3 is 1.83 bits per heavy atom. The van der Waals surface area contributed by atoms with Gasteiger partial charge in [-0.25, -0.2) is 0 Å². The Bertz CT molecular complexity index is 34.5. The number of hydrogen-bond donors (Lipinski definition) is 0. The van der Waals surface area contributed by atoms with Gasteiger partial charge in [-0.15, -0.1) is 11.5 Å². The van der Waals surface area contributed by atoms with Crippen LogP contribution < -0.4 is 0 Å². The van der Waals surface area contributed by atoms with Crippen LogP contribution in [0.15, 0.2) is 0 Å². The quantitative estimate of drug-likeness (QED) is 0.449. The molecular weight excluding hydrogens is 103 g/mol. The minimum absolute atomic E-state index is 1.27. The molecule has 0 N–H and O–H groups in total. The molecule has 0 bridgehead atoms. The molecule has 36 valence electrons. The van der Waals surface area contributed by atoms with Gasteiger partial charge in [0.25, 0.3) is 0 Å². The number of nitrogens with zero attached hydrogens (tertiary/aromatic N) is 1. The normalized spacial score (nSPS) is 9.50. The highest BCUT2D eigenvalue weighted by Crippen LogP contribution is 1.91. The Morgan fingerprint density at radius 1 is 1.67 bits per heavy atom. The van der Waals surface area contributed by atoms with Gasteiger partial charge in [-0.1, -0.05) is 0 Å². The van der Waals surface area contributed by atoms with Crippen LogP contribution in [0.3, 0.4) is 0 Å². The van der Waals surface area contributed by atoms with Crippen molar-refractivity contribution in [2.45, 2.75) is 0 Å². The zero-order valence-corrected chi connectivity index (χ0v) is 4.54. The third kappa shape index (κ3) is 2.48. The van der Waals surface area contributed by atoms with Crippen LogP contribution in [0, 0.1) is 0 Å². The fraction of sp³-hybridized carbons (Fsp3) is 1.00. The molecule has 0 amide bonds. The van der Waals surface area contributed by atoms with Crippen LogP contribution in [0.2, 0.25) is 0 Å². The van der Waals surface area contributed by atoms with E-state index < -0.39 is 6.54 Å². The predicted molar refractivity (Wildman–Crippen MR) is 26.4 cm³/mol. The maximum atomic E-state index is 11.5. The van der Waals surface area contributed by atoms with Crippen molar-refractivity contribution in [3.63, 3.8) is 0 Å². The minimum atomic E-state index is -1.34. The third-order valence-corrected chi connectivity index (χ3v) is 0.781. The lowest BCUT2D eigenvalue weighted by Gasteiger charge is -2.01. The highest BCUT2D eigenvalue weighted by Gasteiger charge is 2.09. The van der Waals surface area contributed by atoms with Crippen molar-refractivity contribution in [3.8, 4) is 0 Å². The predicted octanol–water partition coefficient (Wildman–Crippen LogP) is 0.741. The summed E-state index contributed by atoms with van der Waals surface area (Å²) in [6, 6.07) is 0. The van der Waals surface area contributed by atoms with Crippen molar-refractivity contribution in [3.05, 3.63) is 0 Å². The minimum Gasteiger partial charge on any atom is -0.305 e. The van der Waals surface area contributed by atoms with Crippen molar-refractivity contribution < 1.29 is 4.32 Å². The molecule has 0 aliphatic rings. The van der Waals surface area contributed by atoms with E-state index in [2.05, 4.69) is 0 Å². The van der Waals surface area contributed by atoms with Crippen molar-refractivity contribution in [2.24, 2.45) is 0 Å². The van der Waals surface area contributed by atoms with E-state index in [1.807, 2.05) is 0 Å². The Balaban J connectivity index is 2.99. The fourth-order valence-corrected chi connectivity index (χ4v) is 0. The molecular formula is C2H6BClFN. The van der Waals surface area contributed by atoms with Gasteiger partial charge in [0.2, 0.25) is 0 Å². The summed E-state index contributed by atoms with van der Waals surface area (Å²) in [7, 11) is 3.13. The van der Waals surface area contributed by atoms with Crippen molar-refractivity contribution in [1.82, 2.24) is 4.81 Å². The molecule has 0 aliphatic carbocycles. The summed E-state index contributed by atoms with van der Waals surface area (Å²) in [6.07, 6.45) is 0. The number of halogens is 2. The third-order valence-electron chi connectivity index (χ3n) is 0.390. The van der Waals surface area contributed by atoms with Gasteiger partial charge in [-0.3, -0.25) is 4.32 Å². The molecule has 0 aliphatic heterocycles. The number of rotatable bonds is 1. The highest BCUT2D eigenvalue weighted by atomic mass is 35.5. The molecule has 0 atom stereocenters. The molecule has 4 heteroatoms. The Hall–Kier alpha value is 0.245. The van der Waals surface area contributed by atoms with Gasteiger partial charge < -0.3 is 4.81 Å². The van der Waals surface area contributed by atoms with E-state index in [1.165, 1.54) is 4.81 Å². The first-order valence-corrected chi connectivity index (χ1v) is 2.03. The zero-order chi connectivity index (χ0) is 5.15. The molecule has 0 spiro atoms. The van der Waals surface area contributed by atoms with E-state index in [4.69, 9.17) is 11.5 Å². The Kier molecular flexibility index (Phi) is 2.52. The van der Waals surface area contributed by atoms with Crippen LogP contribution in [0.4, 0.5) is 4.32 Å². The van der Waals surface area contributed by atoms with E-state index in [-0.39, 0.29) is 0 Å². The van der Waals surface area contributed by atoms with E-state index in [9.17, 15) is 4.32 Å². The summed E-state index contributed by atoms with van der Waals surface area (Å²) in [5.41, 5.74) is 0. The second-order valence-corrected chi connectivity index (χ2v) is 1.60. The van der Waals surface area contributed by atoms with Gasteiger partial charge in [0, 0.05) is 0 Å². The maximum Gasteiger partial charge on any atom is 0.534 e. The van der Waals surface area contributed by atoms with E-state index in [0.29, 0.717) is 0 Å². The van der Waals surface area contributed by atoms with E-state index in [0.717, 1.165) is 0 Å². The topological polar surface area (TPSA) is 3.24 Å². The van der Waals surface area contributed by atoms with Gasteiger partial charge in [0.15, 0.2) is 0 Å². The van der Waals surface area contributed by atoms with Crippen LogP contribution in [-0.4, -0.2) is 25.4 Å². The SMILES string of the molecule is CN(C)B(F)Cl. The Morgan fingerprint density at radius 2 is 1.83 bits per heavy atom. The monoisotopic (exact) mass is 109 g/mol. The molecule has 0 radical (unpaired) electrons. The van der Waals surface area contributed by atoms with Crippen LogP contribution in [0.5, 0.6) is 0 Å². The first-order valence-electron chi connectivity index (χ1n) is 1.59. The summed E-state index contributed by atoms with van der Waals surface area (Å²) in [4.78, 5) is 1.27. The van der Waals surface area contributed by atoms with Crippen LogP contribution in [-0.2, 0) is 0 Å². The largest absolute Gasteiger partial charge is 0.534 e. The average Bonchev–Trinajstić information content (AvgIpc) is 1.36. The lowest BCUT2D eigenvalue weighted by atomic mass is 10.3. The Labute approximate surface area is 42.1 Å². The molecule has 0 saturated carbocycles. The van der Waals surface area contributed by atoms with E-state index >= 15 is 0 Å². The maximum absolute atomic E-state index is 11.5. The van der Waals surface area contributed by atoms with Gasteiger partial charge >= 0.3 is 6.54 Å². The molecule has 0 rings (SSSR count). The average molecular weight is 109 g/mol. The first kappa shape index (κ1) is 6.24. The summed E-state index contributed by atoms with van der Waals surface area (Å²) in [5.74, 6) is 0. The molecule has 0 unspecified atom stereocenters. The standard InChI is InChI=1S/C2H6BClFN/c1-6(2)3(4)5/h1-2H3. The number of hydrogen-bond acceptors (Lipinski definition) is 1. The zero-order valence-electron chi connectivity index (χ0n) is 3.78. The summed E-state index contributed by atoms with van der Waals surface area (Å²) in [5, 5.41) is 0. The molecule has 0 fully saturated rings. The van der Waals surface area contributed by atoms with Crippen LogP contribution in [0.1, 0.15) is 0 Å². The van der Waals surface area contributed by atoms with Gasteiger partial charge in [0.05, 0.1) is 0 Å². The molecule has 0 aromatic rings. The smallest absolute Gasteiger partial charge is 0.305 e. The molecule has 0 aromatic carbocycles. The molecule has 0 aromatic heterocycles. The van der Waals surface area contributed by atoms with Crippen LogP contribution in [0.25, 0.3) is 0 Å². The molecule has 6 heavy (non-hydrogen) atoms. The fourth-order valence-electron chi connectivity index (χ4n) is 0. The van der Waals surface area contributed by atoms with Gasteiger partial charge in [-0.05, 0) is 14.1 Å². The van der Waals surface area contributed by atoms with Gasteiger partial charge in [-0.2, -0.15) is 0 Å². The summed E-state index contributed by atoms with van der Waals surface area (Å²) >= 11 is 4.87. The van der Waals surface area contributed by atoms with Crippen LogP contribution >= 0.6 is 11.5 Å².